The van der Waals surface area contributed by atoms with Crippen molar-refractivity contribution in [1.29, 1.82) is 0 Å². The van der Waals surface area contributed by atoms with E-state index in [0.717, 1.165) is 0 Å². The van der Waals surface area contributed by atoms with Gasteiger partial charge in [-0.3, -0.25) is 0 Å². The van der Waals surface area contributed by atoms with E-state index in [9.17, 15) is 9.50 Å². The van der Waals surface area contributed by atoms with Gasteiger partial charge < -0.3 is 14.6 Å². The lowest BCUT2D eigenvalue weighted by Gasteiger charge is -2.17. The number of rotatable bonds is 3. The smallest absolute Gasteiger partial charge is 0.178 e. The zero-order chi connectivity index (χ0) is 16.6. The van der Waals surface area contributed by atoms with Gasteiger partial charge in [-0.1, -0.05) is 5.92 Å². The van der Waals surface area contributed by atoms with Crippen molar-refractivity contribution in [1.82, 2.24) is 19.4 Å². The summed E-state index contributed by atoms with van der Waals surface area (Å²) in [5.41, 5.74) is -0.0246. The molecule has 0 saturated heterocycles. The molecule has 2 aromatic heterocycles. The predicted octanol–water partition coefficient (Wildman–Crippen LogP) is 1.82. The Kier molecular flexibility index (Phi) is 3.62. The lowest BCUT2D eigenvalue weighted by Crippen LogP contribution is -2.25. The first kappa shape index (κ1) is 15.2. The number of aliphatic imine (C=N–C) groups is 1. The zero-order valence-electron chi connectivity index (χ0n) is 12.8. The number of aromatic nitrogens is 3. The Morgan fingerprint density at radius 2 is 2.35 bits per heavy atom. The summed E-state index contributed by atoms with van der Waals surface area (Å²) in [7, 11) is 3.74. The Morgan fingerprint density at radius 3 is 3.00 bits per heavy atom. The highest BCUT2D eigenvalue weighted by Gasteiger charge is 2.40. The predicted molar refractivity (Wildman–Crippen MR) is 86.0 cm³/mol. The van der Waals surface area contributed by atoms with Crippen molar-refractivity contribution in [3.63, 3.8) is 0 Å². The van der Waals surface area contributed by atoms with Crippen molar-refractivity contribution in [2.75, 3.05) is 14.1 Å². The van der Waals surface area contributed by atoms with Crippen molar-refractivity contribution in [3.8, 4) is 12.3 Å². The summed E-state index contributed by atoms with van der Waals surface area (Å²) in [6.45, 7) is 0. The Balaban J connectivity index is 2.02. The van der Waals surface area contributed by atoms with E-state index in [4.69, 9.17) is 6.42 Å². The molecule has 0 aromatic carbocycles. The Labute approximate surface area is 133 Å². The lowest BCUT2D eigenvalue weighted by atomic mass is 10.0. The van der Waals surface area contributed by atoms with Gasteiger partial charge in [-0.25, -0.2) is 19.4 Å². The fourth-order valence-electron chi connectivity index (χ4n) is 2.52. The van der Waals surface area contributed by atoms with Crippen LogP contribution in [0.1, 0.15) is 12.5 Å². The van der Waals surface area contributed by atoms with Gasteiger partial charge in [-0.05, 0) is 12.1 Å². The van der Waals surface area contributed by atoms with Crippen LogP contribution in [0.5, 0.6) is 0 Å². The van der Waals surface area contributed by atoms with Crippen LogP contribution < -0.4 is 0 Å². The molecule has 0 radical (unpaired) electrons. The van der Waals surface area contributed by atoms with Gasteiger partial charge >= 0.3 is 0 Å². The fourth-order valence-corrected chi connectivity index (χ4v) is 2.52. The first-order chi connectivity index (χ1) is 10.9. The third kappa shape index (κ3) is 2.58. The SMILES string of the molecule is C#C[C@]1(O)C[C@@H](n2cnc3c(/N=C\N(C)C)ccnc32)C=C1F. The fraction of sp³-hybridized carbons (Fsp3) is 0.312. The molecule has 7 heteroatoms. The van der Waals surface area contributed by atoms with Crippen LogP contribution in [0.25, 0.3) is 11.2 Å². The van der Waals surface area contributed by atoms with Crippen LogP contribution in [0, 0.1) is 12.3 Å². The lowest BCUT2D eigenvalue weighted by molar-refractivity contribution is 0.110. The quantitative estimate of drug-likeness (QED) is 0.533. The van der Waals surface area contributed by atoms with Gasteiger partial charge in [0, 0.05) is 26.7 Å². The topological polar surface area (TPSA) is 66.5 Å². The van der Waals surface area contributed by atoms with Crippen LogP contribution >= 0.6 is 0 Å². The van der Waals surface area contributed by atoms with Crippen LogP contribution in [0.3, 0.4) is 0 Å². The van der Waals surface area contributed by atoms with Gasteiger partial charge in [-0.15, -0.1) is 6.42 Å². The number of hydrogen-bond donors (Lipinski definition) is 1. The number of fused-ring (bicyclic) bond motifs is 1. The Bertz CT molecular complexity index is 848. The van der Waals surface area contributed by atoms with Crippen molar-refractivity contribution >= 4 is 23.2 Å². The number of allylic oxidation sites excluding steroid dienone is 1. The van der Waals surface area contributed by atoms with Gasteiger partial charge in [0.1, 0.15) is 11.3 Å². The van der Waals surface area contributed by atoms with Crippen molar-refractivity contribution in [2.24, 2.45) is 4.99 Å². The highest BCUT2D eigenvalue weighted by atomic mass is 19.1. The minimum absolute atomic E-state index is 0.0493. The molecule has 118 valence electrons. The summed E-state index contributed by atoms with van der Waals surface area (Å²) in [5, 5.41) is 10.0. The van der Waals surface area contributed by atoms with E-state index in [-0.39, 0.29) is 6.42 Å². The Morgan fingerprint density at radius 1 is 1.57 bits per heavy atom. The maximum absolute atomic E-state index is 13.9. The highest BCUT2D eigenvalue weighted by molar-refractivity contribution is 5.85. The van der Waals surface area contributed by atoms with E-state index in [0.29, 0.717) is 16.9 Å². The molecule has 2 heterocycles. The van der Waals surface area contributed by atoms with Gasteiger partial charge in [0.15, 0.2) is 11.2 Å². The molecule has 2 aromatic rings. The number of nitrogens with zero attached hydrogens (tertiary/aromatic N) is 5. The zero-order valence-corrected chi connectivity index (χ0v) is 12.8. The summed E-state index contributed by atoms with van der Waals surface area (Å²) in [5.74, 6) is 1.39. The van der Waals surface area contributed by atoms with Crippen molar-refractivity contribution in [2.45, 2.75) is 18.1 Å². The van der Waals surface area contributed by atoms with Crippen LogP contribution in [0.2, 0.25) is 0 Å². The van der Waals surface area contributed by atoms with Gasteiger partial charge in [0.2, 0.25) is 0 Å². The van der Waals surface area contributed by atoms with Crippen LogP contribution in [-0.4, -0.2) is 50.6 Å². The molecule has 0 saturated carbocycles. The highest BCUT2D eigenvalue weighted by Crippen LogP contribution is 2.39. The maximum atomic E-state index is 13.9. The first-order valence-corrected chi connectivity index (χ1v) is 7.05. The molecular weight excluding hydrogens is 297 g/mol. The monoisotopic (exact) mass is 313 g/mol. The Hall–Kier alpha value is -2.72. The standard InChI is InChI=1S/C16H16FN5O/c1-4-16(23)8-11(7-13(16)17)22-10-20-14-12(19-9-21(2)3)5-6-18-15(14)22/h1,5-7,9-11,23H,8H2,2-3H3/b19-9-/t11-,16-/m0/s1. The van der Waals surface area contributed by atoms with E-state index >= 15 is 0 Å². The molecule has 1 N–H and O–H groups in total. The van der Waals surface area contributed by atoms with E-state index < -0.39 is 17.5 Å². The van der Waals surface area contributed by atoms with Crippen LogP contribution in [-0.2, 0) is 0 Å². The molecule has 0 bridgehead atoms. The molecule has 2 atom stereocenters. The molecule has 0 aliphatic heterocycles. The molecule has 1 aliphatic rings. The molecule has 0 unspecified atom stereocenters. The minimum atomic E-state index is -1.86. The van der Waals surface area contributed by atoms with E-state index in [1.807, 2.05) is 19.0 Å². The molecule has 3 rings (SSSR count). The number of hydrogen-bond acceptors (Lipinski definition) is 4. The molecule has 0 spiro atoms. The third-order valence-electron chi connectivity index (χ3n) is 3.70. The second kappa shape index (κ2) is 5.48. The average molecular weight is 313 g/mol. The molecule has 0 amide bonds. The summed E-state index contributed by atoms with van der Waals surface area (Å²) < 4.78 is 15.6. The van der Waals surface area contributed by atoms with Gasteiger partial charge in [0.25, 0.3) is 0 Å². The number of imidazole rings is 1. The van der Waals surface area contributed by atoms with Crippen molar-refractivity contribution < 1.29 is 9.50 Å². The number of terminal acetylenes is 1. The summed E-state index contributed by atoms with van der Waals surface area (Å²) in [6.07, 6.45) is 11.4. The normalized spacial score (nSPS) is 24.1. The number of pyridine rings is 1. The third-order valence-corrected chi connectivity index (χ3v) is 3.70. The molecule has 23 heavy (non-hydrogen) atoms. The van der Waals surface area contributed by atoms with E-state index in [1.165, 1.54) is 6.08 Å². The van der Waals surface area contributed by atoms with Gasteiger partial charge in [0.05, 0.1) is 24.4 Å². The van der Waals surface area contributed by atoms with Crippen molar-refractivity contribution in [3.05, 3.63) is 30.5 Å². The summed E-state index contributed by atoms with van der Waals surface area (Å²) >= 11 is 0. The van der Waals surface area contributed by atoms with E-state index in [1.54, 1.807) is 29.5 Å². The van der Waals surface area contributed by atoms with E-state index in [2.05, 4.69) is 20.9 Å². The number of aliphatic hydroxyl groups is 1. The van der Waals surface area contributed by atoms with Gasteiger partial charge in [-0.2, -0.15) is 0 Å². The molecule has 0 fully saturated rings. The largest absolute Gasteiger partial charge is 0.371 e. The average Bonchev–Trinajstić information content (AvgIpc) is 3.07. The minimum Gasteiger partial charge on any atom is -0.371 e. The maximum Gasteiger partial charge on any atom is 0.178 e. The van der Waals surface area contributed by atoms with Crippen LogP contribution in [0.15, 0.2) is 35.5 Å². The molecule has 6 nitrogen and oxygen atoms in total. The first-order valence-electron chi connectivity index (χ1n) is 7.05. The molecule has 1 aliphatic carbocycles. The second-order valence-electron chi connectivity index (χ2n) is 5.65. The summed E-state index contributed by atoms with van der Waals surface area (Å²) in [4.78, 5) is 14.8. The molecular formula is C16H16FN5O. The number of halogens is 1. The van der Waals surface area contributed by atoms with Crippen LogP contribution in [0.4, 0.5) is 10.1 Å². The second-order valence-corrected chi connectivity index (χ2v) is 5.65. The summed E-state index contributed by atoms with van der Waals surface area (Å²) in [6, 6.07) is 1.31.